The van der Waals surface area contributed by atoms with Gasteiger partial charge >= 0.3 is 6.09 Å². The number of benzene rings is 1. The molecule has 164 valence electrons. The van der Waals surface area contributed by atoms with E-state index in [0.29, 0.717) is 0 Å². The molecule has 29 heavy (non-hydrogen) atoms. The van der Waals surface area contributed by atoms with Gasteiger partial charge in [0.2, 0.25) is 0 Å². The first-order chi connectivity index (χ1) is 13.4. The largest absolute Gasteiger partial charge is 0.444 e. The maximum atomic E-state index is 12.1. The first-order valence-corrected chi connectivity index (χ1v) is 10.1. The van der Waals surface area contributed by atoms with E-state index in [-0.39, 0.29) is 30.1 Å². The molecule has 1 saturated heterocycles. The number of nitrogens with one attached hydrogen (secondary N) is 2. The van der Waals surface area contributed by atoms with Gasteiger partial charge in [0.05, 0.1) is 0 Å². The highest BCUT2D eigenvalue weighted by Gasteiger charge is 2.25. The number of halogens is 1. The zero-order valence-corrected chi connectivity index (χ0v) is 20.4. The Morgan fingerprint density at radius 2 is 1.76 bits per heavy atom. The summed E-state index contributed by atoms with van der Waals surface area (Å²) in [7, 11) is 1.79. The Bertz CT molecular complexity index is 626. The van der Waals surface area contributed by atoms with Crippen LogP contribution in [0.15, 0.2) is 35.3 Å². The number of guanidine groups is 1. The van der Waals surface area contributed by atoms with Crippen LogP contribution >= 0.6 is 24.0 Å². The van der Waals surface area contributed by atoms with Crippen molar-refractivity contribution in [2.24, 2.45) is 4.99 Å². The highest BCUT2D eigenvalue weighted by atomic mass is 127. The van der Waals surface area contributed by atoms with Gasteiger partial charge in [-0.25, -0.2) is 4.79 Å². The Morgan fingerprint density at radius 1 is 1.10 bits per heavy atom. The number of rotatable bonds is 6. The summed E-state index contributed by atoms with van der Waals surface area (Å²) in [5, 5.41) is 6.69. The zero-order valence-electron chi connectivity index (χ0n) is 18.1. The SMILES string of the molecule is CN=C(NCCCN1CCN(C(=O)OC(C)(C)C)CC1)NCc1ccccc1.I. The lowest BCUT2D eigenvalue weighted by Gasteiger charge is -2.35. The van der Waals surface area contributed by atoms with E-state index in [0.717, 1.165) is 58.2 Å². The molecule has 0 saturated carbocycles. The van der Waals surface area contributed by atoms with Crippen molar-refractivity contribution in [2.75, 3.05) is 46.3 Å². The molecule has 1 amide bonds. The third-order valence-corrected chi connectivity index (χ3v) is 4.49. The van der Waals surface area contributed by atoms with E-state index in [1.807, 2.05) is 39.0 Å². The number of nitrogens with zero attached hydrogens (tertiary/aromatic N) is 3. The lowest BCUT2D eigenvalue weighted by atomic mass is 10.2. The maximum absolute atomic E-state index is 12.1. The molecular formula is C21H36IN5O2. The van der Waals surface area contributed by atoms with Crippen LogP contribution < -0.4 is 10.6 Å². The fourth-order valence-electron chi connectivity index (χ4n) is 2.99. The van der Waals surface area contributed by atoms with Gasteiger partial charge in [0.15, 0.2) is 5.96 Å². The van der Waals surface area contributed by atoms with Crippen LogP contribution in [0, 0.1) is 0 Å². The minimum Gasteiger partial charge on any atom is -0.444 e. The van der Waals surface area contributed by atoms with E-state index in [1.54, 1.807) is 11.9 Å². The summed E-state index contributed by atoms with van der Waals surface area (Å²) in [6.07, 6.45) is 0.820. The summed E-state index contributed by atoms with van der Waals surface area (Å²) in [6.45, 7) is 11.6. The van der Waals surface area contributed by atoms with E-state index in [4.69, 9.17) is 4.74 Å². The molecule has 0 radical (unpaired) electrons. The van der Waals surface area contributed by atoms with E-state index in [2.05, 4.69) is 32.7 Å². The van der Waals surface area contributed by atoms with Gasteiger partial charge in [-0.1, -0.05) is 30.3 Å². The van der Waals surface area contributed by atoms with Crippen LogP contribution in [0.4, 0.5) is 4.79 Å². The topological polar surface area (TPSA) is 69.2 Å². The molecule has 8 heteroatoms. The fraction of sp³-hybridized carbons (Fsp3) is 0.619. The molecular weight excluding hydrogens is 481 g/mol. The van der Waals surface area contributed by atoms with Gasteiger partial charge < -0.3 is 20.3 Å². The fourth-order valence-corrected chi connectivity index (χ4v) is 2.99. The summed E-state index contributed by atoms with van der Waals surface area (Å²) in [5.41, 5.74) is 0.792. The maximum Gasteiger partial charge on any atom is 0.410 e. The van der Waals surface area contributed by atoms with Gasteiger partial charge in [-0.05, 0) is 39.3 Å². The number of ether oxygens (including phenoxy) is 1. The summed E-state index contributed by atoms with van der Waals surface area (Å²) < 4.78 is 5.44. The Kier molecular flexibility index (Phi) is 11.3. The quantitative estimate of drug-likeness (QED) is 0.263. The van der Waals surface area contributed by atoms with Gasteiger partial charge in [0.25, 0.3) is 0 Å². The van der Waals surface area contributed by atoms with Gasteiger partial charge in [-0.15, -0.1) is 24.0 Å². The lowest BCUT2D eigenvalue weighted by Crippen LogP contribution is -2.50. The van der Waals surface area contributed by atoms with Gasteiger partial charge in [0, 0.05) is 46.3 Å². The second kappa shape index (κ2) is 12.9. The van der Waals surface area contributed by atoms with E-state index < -0.39 is 5.60 Å². The third-order valence-electron chi connectivity index (χ3n) is 4.49. The average Bonchev–Trinajstić information content (AvgIpc) is 2.67. The molecule has 1 heterocycles. The molecule has 2 rings (SSSR count). The predicted molar refractivity (Wildman–Crippen MR) is 129 cm³/mol. The van der Waals surface area contributed by atoms with Crippen molar-refractivity contribution in [3.05, 3.63) is 35.9 Å². The Balaban J connectivity index is 0.00000420. The highest BCUT2D eigenvalue weighted by Crippen LogP contribution is 2.11. The van der Waals surface area contributed by atoms with E-state index in [9.17, 15) is 4.79 Å². The van der Waals surface area contributed by atoms with E-state index >= 15 is 0 Å². The first-order valence-electron chi connectivity index (χ1n) is 10.1. The number of carbonyl (C=O) groups is 1. The second-order valence-corrected chi connectivity index (χ2v) is 8.00. The normalized spacial score (nSPS) is 15.4. The van der Waals surface area contributed by atoms with Crippen LogP contribution in [0.5, 0.6) is 0 Å². The predicted octanol–water partition coefficient (Wildman–Crippen LogP) is 2.91. The Morgan fingerprint density at radius 3 is 2.34 bits per heavy atom. The monoisotopic (exact) mass is 517 g/mol. The average molecular weight is 517 g/mol. The van der Waals surface area contributed by atoms with Crippen LogP contribution in [-0.4, -0.2) is 73.8 Å². The highest BCUT2D eigenvalue weighted by molar-refractivity contribution is 14.0. The van der Waals surface area contributed by atoms with Crippen LogP contribution in [-0.2, 0) is 11.3 Å². The zero-order chi connectivity index (χ0) is 20.4. The summed E-state index contributed by atoms with van der Waals surface area (Å²) >= 11 is 0. The van der Waals surface area contributed by atoms with E-state index in [1.165, 1.54) is 5.56 Å². The summed E-state index contributed by atoms with van der Waals surface area (Å²) in [5.74, 6) is 0.818. The van der Waals surface area contributed by atoms with Crippen molar-refractivity contribution >= 4 is 36.0 Å². The smallest absolute Gasteiger partial charge is 0.410 e. The Hall–Kier alpha value is -1.55. The molecule has 2 N–H and O–H groups in total. The minimum absolute atomic E-state index is 0. The number of aliphatic imine (C=N–C) groups is 1. The third kappa shape index (κ3) is 10.2. The van der Waals surface area contributed by atoms with Crippen molar-refractivity contribution in [3.8, 4) is 0 Å². The van der Waals surface area contributed by atoms with Crippen LogP contribution in [0.1, 0.15) is 32.8 Å². The number of hydrogen-bond acceptors (Lipinski definition) is 4. The van der Waals surface area contributed by atoms with Crippen molar-refractivity contribution < 1.29 is 9.53 Å². The molecule has 1 aromatic rings. The molecule has 1 aromatic carbocycles. The van der Waals surface area contributed by atoms with Gasteiger partial charge in [-0.3, -0.25) is 9.89 Å². The molecule has 0 bridgehead atoms. The van der Waals surface area contributed by atoms with Crippen LogP contribution in [0.25, 0.3) is 0 Å². The minimum atomic E-state index is -0.438. The molecule has 0 unspecified atom stereocenters. The molecule has 0 atom stereocenters. The van der Waals surface area contributed by atoms with Crippen molar-refractivity contribution in [2.45, 2.75) is 39.3 Å². The Labute approximate surface area is 192 Å². The summed E-state index contributed by atoms with van der Waals surface area (Å²) in [4.78, 5) is 20.6. The number of hydrogen-bond donors (Lipinski definition) is 2. The van der Waals surface area contributed by atoms with Crippen molar-refractivity contribution in [3.63, 3.8) is 0 Å². The molecule has 0 spiro atoms. The van der Waals surface area contributed by atoms with Crippen molar-refractivity contribution in [1.29, 1.82) is 0 Å². The number of piperazine rings is 1. The molecule has 7 nitrogen and oxygen atoms in total. The molecule has 0 aliphatic carbocycles. The van der Waals surface area contributed by atoms with Crippen molar-refractivity contribution in [1.82, 2.24) is 20.4 Å². The number of carbonyl (C=O) groups excluding carboxylic acids is 1. The second-order valence-electron chi connectivity index (χ2n) is 8.00. The number of amides is 1. The molecule has 1 aliphatic heterocycles. The van der Waals surface area contributed by atoms with Crippen LogP contribution in [0.2, 0.25) is 0 Å². The molecule has 1 aliphatic rings. The van der Waals surface area contributed by atoms with Gasteiger partial charge in [-0.2, -0.15) is 0 Å². The first kappa shape index (κ1) is 25.5. The summed E-state index contributed by atoms with van der Waals surface area (Å²) in [6, 6.07) is 10.3. The molecule has 0 aromatic heterocycles. The van der Waals surface area contributed by atoms with Gasteiger partial charge in [0.1, 0.15) is 5.60 Å². The standard InChI is InChI=1S/C21H35N5O2.HI/c1-21(2,3)28-20(27)26-15-13-25(14-16-26)12-8-11-23-19(22-4)24-17-18-9-6-5-7-10-18;/h5-7,9-10H,8,11-17H2,1-4H3,(H2,22,23,24);1H. The van der Waals surface area contributed by atoms with Crippen LogP contribution in [0.3, 0.4) is 0 Å². The lowest BCUT2D eigenvalue weighted by molar-refractivity contribution is 0.0145. The molecule has 1 fully saturated rings.